The maximum atomic E-state index is 9.53. The average molecular weight is 299 g/mol. The highest BCUT2D eigenvalue weighted by atomic mass is 32.2. The summed E-state index contributed by atoms with van der Waals surface area (Å²) in [6.45, 7) is 0.630. The first-order valence-electron chi connectivity index (χ1n) is 7.25. The molecule has 2 unspecified atom stereocenters. The van der Waals surface area contributed by atoms with Gasteiger partial charge in [0.2, 0.25) is 0 Å². The zero-order valence-corrected chi connectivity index (χ0v) is 12.4. The van der Waals surface area contributed by atoms with Gasteiger partial charge in [-0.05, 0) is 35.9 Å². The third-order valence-corrected chi connectivity index (χ3v) is 5.26. The fraction of sp³-hybridized carbons (Fsp3) is 0.294. The lowest BCUT2D eigenvalue weighted by Gasteiger charge is -2.28. The Hall–Kier alpha value is -1.65. The van der Waals surface area contributed by atoms with Crippen molar-refractivity contribution in [2.24, 2.45) is 0 Å². The van der Waals surface area contributed by atoms with Gasteiger partial charge in [-0.15, -0.1) is 11.8 Å². The van der Waals surface area contributed by atoms with E-state index >= 15 is 0 Å². The zero-order chi connectivity index (χ0) is 14.2. The lowest BCUT2D eigenvalue weighted by Crippen LogP contribution is -2.29. The van der Waals surface area contributed by atoms with E-state index in [1.807, 2.05) is 17.8 Å². The van der Waals surface area contributed by atoms with Crippen molar-refractivity contribution in [2.75, 3.05) is 12.4 Å². The zero-order valence-electron chi connectivity index (χ0n) is 11.6. The van der Waals surface area contributed by atoms with Gasteiger partial charge in [-0.3, -0.25) is 0 Å². The highest BCUT2D eigenvalue weighted by molar-refractivity contribution is 7.99. The van der Waals surface area contributed by atoms with Crippen molar-refractivity contribution in [1.29, 1.82) is 0 Å². The number of hydrogen-bond acceptors (Lipinski definition) is 4. The first-order chi connectivity index (χ1) is 10.3. The molecular formula is C17H17NO2S. The van der Waals surface area contributed by atoms with Crippen molar-refractivity contribution in [2.45, 2.75) is 23.4 Å². The Bertz CT molecular complexity index is 674. The predicted molar refractivity (Wildman–Crippen MR) is 84.0 cm³/mol. The van der Waals surface area contributed by atoms with E-state index in [2.05, 4.69) is 29.6 Å². The summed E-state index contributed by atoms with van der Waals surface area (Å²) < 4.78 is 5.69. The number of thioether (sulfide) groups is 1. The van der Waals surface area contributed by atoms with Crippen LogP contribution >= 0.6 is 11.8 Å². The van der Waals surface area contributed by atoms with E-state index in [-0.39, 0.29) is 11.8 Å². The van der Waals surface area contributed by atoms with E-state index in [1.54, 1.807) is 12.1 Å². The monoisotopic (exact) mass is 299 g/mol. The Labute approximate surface area is 128 Å². The lowest BCUT2D eigenvalue weighted by atomic mass is 10.0. The number of nitrogens with one attached hydrogen (secondary N) is 1. The van der Waals surface area contributed by atoms with Crippen molar-refractivity contribution < 1.29 is 9.84 Å². The van der Waals surface area contributed by atoms with Gasteiger partial charge in [0.15, 0.2) is 0 Å². The topological polar surface area (TPSA) is 41.5 Å². The van der Waals surface area contributed by atoms with E-state index in [9.17, 15) is 5.11 Å². The van der Waals surface area contributed by atoms with Gasteiger partial charge in [-0.25, -0.2) is 0 Å². The van der Waals surface area contributed by atoms with Crippen LogP contribution in [0.15, 0.2) is 47.4 Å². The number of ether oxygens (including phenoxy) is 1. The Kier molecular flexibility index (Phi) is 3.28. The predicted octanol–water partition coefficient (Wildman–Crippen LogP) is 3.65. The quantitative estimate of drug-likeness (QED) is 0.888. The number of fused-ring (bicyclic) bond motifs is 2. The molecule has 21 heavy (non-hydrogen) atoms. The minimum Gasteiger partial charge on any atom is -0.508 e. The van der Waals surface area contributed by atoms with Gasteiger partial charge in [-0.1, -0.05) is 18.2 Å². The first-order valence-corrected chi connectivity index (χ1v) is 8.23. The summed E-state index contributed by atoms with van der Waals surface area (Å²) in [5.41, 5.74) is 2.53. The van der Waals surface area contributed by atoms with Gasteiger partial charge < -0.3 is 15.2 Å². The van der Waals surface area contributed by atoms with Gasteiger partial charge in [0.05, 0.1) is 6.04 Å². The second-order valence-corrected chi connectivity index (χ2v) is 6.62. The number of benzene rings is 2. The van der Waals surface area contributed by atoms with Crippen LogP contribution in [0.25, 0.3) is 0 Å². The van der Waals surface area contributed by atoms with Gasteiger partial charge in [0.25, 0.3) is 0 Å². The highest BCUT2D eigenvalue weighted by Gasteiger charge is 2.29. The lowest BCUT2D eigenvalue weighted by molar-refractivity contribution is 0.294. The van der Waals surface area contributed by atoms with E-state index in [1.165, 1.54) is 10.5 Å². The van der Waals surface area contributed by atoms with Crippen LogP contribution in [0.5, 0.6) is 11.5 Å². The van der Waals surface area contributed by atoms with E-state index in [0.717, 1.165) is 23.5 Å². The highest BCUT2D eigenvalue weighted by Crippen LogP contribution is 2.40. The van der Waals surface area contributed by atoms with Crippen molar-refractivity contribution in [3.8, 4) is 11.5 Å². The summed E-state index contributed by atoms with van der Waals surface area (Å²) in [4.78, 5) is 1.38. The Balaban J connectivity index is 1.59. The minimum atomic E-state index is 0.196. The fourth-order valence-corrected chi connectivity index (χ4v) is 4.22. The summed E-state index contributed by atoms with van der Waals surface area (Å²) in [6.07, 6.45) is 1.13. The van der Waals surface area contributed by atoms with Crippen molar-refractivity contribution in [1.82, 2.24) is 5.32 Å². The van der Waals surface area contributed by atoms with Crippen LogP contribution in [-0.4, -0.2) is 17.5 Å². The molecule has 2 aromatic rings. The van der Waals surface area contributed by atoms with Crippen molar-refractivity contribution in [3.05, 3.63) is 53.6 Å². The molecular weight excluding hydrogens is 282 g/mol. The van der Waals surface area contributed by atoms with E-state index in [0.29, 0.717) is 12.6 Å². The number of phenolic OH excluding ortho intramolecular Hbond substituents is 1. The normalized spacial score (nSPS) is 23.2. The van der Waals surface area contributed by atoms with Crippen LogP contribution < -0.4 is 10.1 Å². The fourth-order valence-electron chi connectivity index (χ4n) is 3.09. The molecule has 3 nitrogen and oxygen atoms in total. The first kappa shape index (κ1) is 13.0. The second kappa shape index (κ2) is 5.28. The number of aromatic hydroxyl groups is 1. The third-order valence-electron chi connectivity index (χ3n) is 4.14. The smallest absolute Gasteiger partial charge is 0.127 e. The summed E-state index contributed by atoms with van der Waals surface area (Å²) >= 11 is 1.93. The minimum absolute atomic E-state index is 0.196. The molecule has 108 valence electrons. The van der Waals surface area contributed by atoms with Crippen LogP contribution in [0.3, 0.4) is 0 Å². The molecule has 0 aliphatic carbocycles. The van der Waals surface area contributed by atoms with Crippen LogP contribution in [0.1, 0.15) is 29.6 Å². The second-order valence-electron chi connectivity index (χ2n) is 5.48. The summed E-state index contributed by atoms with van der Waals surface area (Å²) in [5.74, 6) is 2.20. The molecule has 0 radical (unpaired) electrons. The van der Waals surface area contributed by atoms with Gasteiger partial charge in [0, 0.05) is 22.6 Å². The molecule has 0 spiro atoms. The molecule has 0 aromatic heterocycles. The molecule has 2 aromatic carbocycles. The Morgan fingerprint density at radius 3 is 2.95 bits per heavy atom. The molecule has 0 amide bonds. The molecule has 4 rings (SSSR count). The van der Waals surface area contributed by atoms with Gasteiger partial charge in [-0.2, -0.15) is 0 Å². The SMILES string of the molecule is Oc1ccc2c(c1)OCC2NC1CCSc2ccccc21. The molecule has 2 atom stereocenters. The van der Waals surface area contributed by atoms with E-state index < -0.39 is 0 Å². The third kappa shape index (κ3) is 2.39. The Morgan fingerprint density at radius 1 is 1.10 bits per heavy atom. The maximum absolute atomic E-state index is 9.53. The molecule has 2 aliphatic heterocycles. The average Bonchev–Trinajstić information content (AvgIpc) is 2.90. The van der Waals surface area contributed by atoms with Gasteiger partial charge in [0.1, 0.15) is 18.1 Å². The summed E-state index contributed by atoms with van der Waals surface area (Å²) in [6, 6.07) is 14.6. The summed E-state index contributed by atoms with van der Waals surface area (Å²) in [7, 11) is 0. The van der Waals surface area contributed by atoms with Crippen LogP contribution in [-0.2, 0) is 0 Å². The van der Waals surface area contributed by atoms with Crippen LogP contribution in [0.2, 0.25) is 0 Å². The number of hydrogen-bond donors (Lipinski definition) is 2. The van der Waals surface area contributed by atoms with E-state index in [4.69, 9.17) is 4.74 Å². The maximum Gasteiger partial charge on any atom is 0.127 e. The molecule has 2 N–H and O–H groups in total. The molecule has 0 saturated carbocycles. The Morgan fingerprint density at radius 2 is 2.00 bits per heavy atom. The molecule has 4 heteroatoms. The molecule has 2 aliphatic rings. The summed E-state index contributed by atoms with van der Waals surface area (Å²) in [5, 5.41) is 13.3. The number of phenols is 1. The largest absolute Gasteiger partial charge is 0.508 e. The molecule has 0 saturated heterocycles. The molecule has 0 fully saturated rings. The van der Waals surface area contributed by atoms with Crippen molar-refractivity contribution in [3.63, 3.8) is 0 Å². The van der Waals surface area contributed by atoms with Crippen molar-refractivity contribution >= 4 is 11.8 Å². The van der Waals surface area contributed by atoms with Gasteiger partial charge >= 0.3 is 0 Å². The van der Waals surface area contributed by atoms with Crippen LogP contribution in [0.4, 0.5) is 0 Å². The standard InChI is InChI=1S/C17H17NO2S/c19-11-5-6-12-15(10-20-16(12)9-11)18-14-7-8-21-17-4-2-1-3-13(14)17/h1-6,9,14-15,18-19H,7-8,10H2. The molecule has 2 heterocycles. The molecule has 0 bridgehead atoms. The number of rotatable bonds is 2. The van der Waals surface area contributed by atoms with Crippen LogP contribution in [0, 0.1) is 0 Å².